The van der Waals surface area contributed by atoms with Gasteiger partial charge in [-0.2, -0.15) is 0 Å². The van der Waals surface area contributed by atoms with E-state index in [0.29, 0.717) is 12.0 Å². The number of aliphatic hydroxyl groups excluding tert-OH is 1. The van der Waals surface area contributed by atoms with Crippen molar-refractivity contribution in [2.45, 2.75) is 32.7 Å². The molecule has 122 valence electrons. The first-order chi connectivity index (χ1) is 11.2. The Morgan fingerprint density at radius 1 is 1.30 bits per heavy atom. The van der Waals surface area contributed by atoms with Gasteiger partial charge in [-0.3, -0.25) is 4.98 Å². The van der Waals surface area contributed by atoms with E-state index in [1.54, 1.807) is 0 Å². The van der Waals surface area contributed by atoms with Crippen molar-refractivity contribution in [2.75, 3.05) is 13.2 Å². The van der Waals surface area contributed by atoms with Gasteiger partial charge in [0.15, 0.2) is 0 Å². The summed E-state index contributed by atoms with van der Waals surface area (Å²) in [5, 5.41) is 13.4. The van der Waals surface area contributed by atoms with Gasteiger partial charge in [-0.05, 0) is 54.9 Å². The van der Waals surface area contributed by atoms with E-state index < -0.39 is 0 Å². The van der Waals surface area contributed by atoms with E-state index in [1.165, 1.54) is 16.7 Å². The normalized spacial score (nSPS) is 21.2. The molecule has 2 aromatic rings. The number of pyridine rings is 1. The van der Waals surface area contributed by atoms with Gasteiger partial charge in [0.25, 0.3) is 0 Å². The molecule has 0 radical (unpaired) electrons. The number of aromatic nitrogens is 1. The molecule has 1 aliphatic carbocycles. The number of aliphatic hydroxyl groups is 1. The van der Waals surface area contributed by atoms with Gasteiger partial charge >= 0.3 is 0 Å². The average Bonchev–Trinajstić information content (AvgIpc) is 2.87. The first-order valence-electron chi connectivity index (χ1n) is 8.51. The van der Waals surface area contributed by atoms with Crippen LogP contribution in [0.5, 0.6) is 0 Å². The van der Waals surface area contributed by atoms with Gasteiger partial charge < -0.3 is 10.4 Å². The lowest BCUT2D eigenvalue weighted by molar-refractivity contribution is 0.213. The highest BCUT2D eigenvalue weighted by molar-refractivity contribution is 5.38. The van der Waals surface area contributed by atoms with Crippen LogP contribution in [0.2, 0.25) is 0 Å². The molecule has 0 saturated carbocycles. The van der Waals surface area contributed by atoms with Crippen LogP contribution in [0.4, 0.5) is 0 Å². The van der Waals surface area contributed by atoms with Crippen LogP contribution in [0, 0.1) is 18.8 Å². The molecule has 1 aliphatic rings. The van der Waals surface area contributed by atoms with Gasteiger partial charge in [-0.1, -0.05) is 36.8 Å². The lowest BCUT2D eigenvalue weighted by Crippen LogP contribution is -2.32. The van der Waals surface area contributed by atoms with Crippen LogP contribution >= 0.6 is 0 Å². The van der Waals surface area contributed by atoms with Crippen molar-refractivity contribution < 1.29 is 5.11 Å². The first kappa shape index (κ1) is 16.2. The number of benzene rings is 1. The van der Waals surface area contributed by atoms with E-state index in [9.17, 15) is 5.11 Å². The maximum absolute atomic E-state index is 9.70. The molecule has 3 heteroatoms. The van der Waals surface area contributed by atoms with Gasteiger partial charge in [0.05, 0.1) is 0 Å². The molecule has 0 bridgehead atoms. The SMILES string of the molecule is Cc1ccc2c(c1)C(NCC(CO)Cc1ccccn1)C(C)C2. The molecule has 0 saturated heterocycles. The summed E-state index contributed by atoms with van der Waals surface area (Å²) in [6.45, 7) is 5.46. The zero-order valence-corrected chi connectivity index (χ0v) is 14.0. The van der Waals surface area contributed by atoms with Gasteiger partial charge in [0, 0.05) is 31.1 Å². The van der Waals surface area contributed by atoms with Crippen molar-refractivity contribution in [3.05, 3.63) is 65.0 Å². The van der Waals surface area contributed by atoms with Crippen molar-refractivity contribution in [3.63, 3.8) is 0 Å². The minimum Gasteiger partial charge on any atom is -0.396 e. The Labute approximate surface area is 138 Å². The molecule has 3 nitrogen and oxygen atoms in total. The standard InChI is InChI=1S/C20H26N2O/c1-14-6-7-17-10-15(2)20(19(17)9-14)22-12-16(13-23)11-18-5-3-4-8-21-18/h3-9,15-16,20,22-23H,10-13H2,1-2H3. The van der Waals surface area contributed by atoms with Crippen molar-refractivity contribution in [1.82, 2.24) is 10.3 Å². The highest BCUT2D eigenvalue weighted by Gasteiger charge is 2.29. The summed E-state index contributed by atoms with van der Waals surface area (Å²) in [4.78, 5) is 4.37. The highest BCUT2D eigenvalue weighted by Crippen LogP contribution is 2.36. The number of hydrogen-bond donors (Lipinski definition) is 2. The van der Waals surface area contributed by atoms with E-state index in [2.05, 4.69) is 42.3 Å². The summed E-state index contributed by atoms with van der Waals surface area (Å²) < 4.78 is 0. The Morgan fingerprint density at radius 2 is 2.17 bits per heavy atom. The second-order valence-electron chi connectivity index (χ2n) is 6.84. The highest BCUT2D eigenvalue weighted by atomic mass is 16.3. The zero-order valence-electron chi connectivity index (χ0n) is 14.0. The molecule has 1 heterocycles. The Morgan fingerprint density at radius 3 is 2.91 bits per heavy atom. The summed E-state index contributed by atoms with van der Waals surface area (Å²) in [5.41, 5.74) is 5.26. The van der Waals surface area contributed by atoms with Gasteiger partial charge in [-0.25, -0.2) is 0 Å². The van der Waals surface area contributed by atoms with E-state index in [0.717, 1.165) is 25.1 Å². The quantitative estimate of drug-likeness (QED) is 0.862. The van der Waals surface area contributed by atoms with Crippen LogP contribution in [0.3, 0.4) is 0 Å². The summed E-state index contributed by atoms with van der Waals surface area (Å²) in [6, 6.07) is 13.1. The minimum atomic E-state index is 0.186. The first-order valence-corrected chi connectivity index (χ1v) is 8.51. The van der Waals surface area contributed by atoms with Crippen LogP contribution in [0.25, 0.3) is 0 Å². The molecule has 0 amide bonds. The predicted molar refractivity (Wildman–Crippen MR) is 93.3 cm³/mol. The Kier molecular flexibility index (Phi) is 5.09. The second kappa shape index (κ2) is 7.24. The Balaban J connectivity index is 1.64. The van der Waals surface area contributed by atoms with Crippen molar-refractivity contribution in [3.8, 4) is 0 Å². The van der Waals surface area contributed by atoms with Gasteiger partial charge in [0.2, 0.25) is 0 Å². The zero-order chi connectivity index (χ0) is 16.2. The van der Waals surface area contributed by atoms with Crippen molar-refractivity contribution in [1.29, 1.82) is 0 Å². The number of hydrogen-bond acceptors (Lipinski definition) is 3. The van der Waals surface area contributed by atoms with Crippen molar-refractivity contribution >= 4 is 0 Å². The van der Waals surface area contributed by atoms with Crippen molar-refractivity contribution in [2.24, 2.45) is 11.8 Å². The molecule has 3 rings (SSSR count). The van der Waals surface area contributed by atoms with Crippen LogP contribution in [-0.4, -0.2) is 23.2 Å². The van der Waals surface area contributed by atoms with E-state index in [1.807, 2.05) is 24.4 Å². The van der Waals surface area contributed by atoms with Crippen LogP contribution < -0.4 is 5.32 Å². The molecule has 0 fully saturated rings. The number of nitrogens with zero attached hydrogens (tertiary/aromatic N) is 1. The fraction of sp³-hybridized carbons (Fsp3) is 0.450. The second-order valence-corrected chi connectivity index (χ2v) is 6.84. The number of fused-ring (bicyclic) bond motifs is 1. The predicted octanol–water partition coefficient (Wildman–Crippen LogP) is 3.06. The number of nitrogens with one attached hydrogen (secondary N) is 1. The fourth-order valence-electron chi connectivity index (χ4n) is 3.58. The topological polar surface area (TPSA) is 45.1 Å². The molecular weight excluding hydrogens is 284 g/mol. The molecular formula is C20H26N2O. The number of rotatable bonds is 6. The van der Waals surface area contributed by atoms with Crippen LogP contribution in [0.1, 0.15) is 35.3 Å². The molecule has 2 N–H and O–H groups in total. The maximum atomic E-state index is 9.70. The third-order valence-electron chi connectivity index (χ3n) is 4.86. The van der Waals surface area contributed by atoms with Crippen LogP contribution in [-0.2, 0) is 12.8 Å². The lowest BCUT2D eigenvalue weighted by atomic mass is 9.99. The number of aryl methyl sites for hydroxylation is 1. The molecule has 3 atom stereocenters. The average molecular weight is 310 g/mol. The molecule has 0 aliphatic heterocycles. The summed E-state index contributed by atoms with van der Waals surface area (Å²) in [6.07, 6.45) is 3.76. The van der Waals surface area contributed by atoms with Crippen LogP contribution in [0.15, 0.2) is 42.6 Å². The Hall–Kier alpha value is -1.71. The molecule has 0 spiro atoms. The smallest absolute Gasteiger partial charge is 0.0475 e. The maximum Gasteiger partial charge on any atom is 0.0475 e. The Bertz CT molecular complexity index is 641. The summed E-state index contributed by atoms with van der Waals surface area (Å²) in [7, 11) is 0. The molecule has 1 aromatic heterocycles. The van der Waals surface area contributed by atoms with Gasteiger partial charge in [0.1, 0.15) is 0 Å². The minimum absolute atomic E-state index is 0.186. The largest absolute Gasteiger partial charge is 0.396 e. The third-order valence-corrected chi connectivity index (χ3v) is 4.86. The molecule has 1 aromatic carbocycles. The van der Waals surface area contributed by atoms with E-state index in [4.69, 9.17) is 0 Å². The summed E-state index contributed by atoms with van der Waals surface area (Å²) >= 11 is 0. The lowest BCUT2D eigenvalue weighted by Gasteiger charge is -2.22. The summed E-state index contributed by atoms with van der Waals surface area (Å²) in [5.74, 6) is 0.798. The van der Waals surface area contributed by atoms with E-state index >= 15 is 0 Å². The van der Waals surface area contributed by atoms with Gasteiger partial charge in [-0.15, -0.1) is 0 Å². The molecule has 23 heavy (non-hydrogen) atoms. The fourth-order valence-corrected chi connectivity index (χ4v) is 3.58. The monoisotopic (exact) mass is 310 g/mol. The molecule has 3 unspecified atom stereocenters. The third kappa shape index (κ3) is 3.80. The van der Waals surface area contributed by atoms with E-state index in [-0.39, 0.29) is 12.5 Å².